The van der Waals surface area contributed by atoms with E-state index in [1.807, 2.05) is 61.5 Å². The Labute approximate surface area is 152 Å². The molecule has 0 spiro atoms. The van der Waals surface area contributed by atoms with Crippen molar-refractivity contribution in [3.05, 3.63) is 88.1 Å². The monoisotopic (exact) mass is 345 g/mol. The second-order valence-corrected chi connectivity index (χ2v) is 6.39. The maximum atomic E-state index is 13.2. The standard InChI is InChI=1S/C22H19NO3/c1-3-26-22(25)17-13(2)23-20-15-11-7-8-12-16(15)21(24)19(20)18(17)14-9-5-4-6-10-14/h4-12,18,23H,3H2,1-2H3. The molecule has 1 aliphatic heterocycles. The summed E-state index contributed by atoms with van der Waals surface area (Å²) in [4.78, 5) is 25.9. The van der Waals surface area contributed by atoms with E-state index in [0.717, 1.165) is 22.5 Å². The molecule has 1 heterocycles. The zero-order valence-electron chi connectivity index (χ0n) is 14.7. The van der Waals surface area contributed by atoms with Crippen LogP contribution in [-0.4, -0.2) is 18.4 Å². The number of allylic oxidation sites excluding steroid dienone is 2. The van der Waals surface area contributed by atoms with Gasteiger partial charge in [-0.3, -0.25) is 4.79 Å². The average molecular weight is 345 g/mol. The van der Waals surface area contributed by atoms with E-state index in [9.17, 15) is 9.59 Å². The SMILES string of the molecule is CCOC(=O)C1=C(C)NC2=C(C(=O)c3ccccc32)C1c1ccccc1. The lowest BCUT2D eigenvalue weighted by atomic mass is 9.80. The van der Waals surface area contributed by atoms with Gasteiger partial charge in [0.05, 0.1) is 17.9 Å². The van der Waals surface area contributed by atoms with Crippen LogP contribution in [0.5, 0.6) is 0 Å². The Kier molecular flexibility index (Phi) is 3.96. The topological polar surface area (TPSA) is 55.4 Å². The van der Waals surface area contributed by atoms with Gasteiger partial charge in [0.1, 0.15) is 0 Å². The summed E-state index contributed by atoms with van der Waals surface area (Å²) in [6.45, 7) is 3.93. The Balaban J connectivity index is 1.93. The number of esters is 1. The van der Waals surface area contributed by atoms with Gasteiger partial charge in [-0.15, -0.1) is 0 Å². The van der Waals surface area contributed by atoms with Crippen LogP contribution in [0.1, 0.15) is 41.3 Å². The predicted molar refractivity (Wildman–Crippen MR) is 99.3 cm³/mol. The number of hydrogen-bond acceptors (Lipinski definition) is 4. The van der Waals surface area contributed by atoms with E-state index in [-0.39, 0.29) is 18.4 Å². The molecular weight excluding hydrogens is 326 g/mol. The van der Waals surface area contributed by atoms with Crippen molar-refractivity contribution >= 4 is 17.4 Å². The van der Waals surface area contributed by atoms with Crippen LogP contribution in [0.2, 0.25) is 0 Å². The third-order valence-electron chi connectivity index (χ3n) is 4.88. The van der Waals surface area contributed by atoms with Crippen molar-refractivity contribution in [1.29, 1.82) is 0 Å². The minimum atomic E-state index is -0.439. The van der Waals surface area contributed by atoms with Crippen molar-refractivity contribution < 1.29 is 14.3 Å². The highest BCUT2D eigenvalue weighted by Gasteiger charge is 2.42. The van der Waals surface area contributed by atoms with Gasteiger partial charge in [-0.2, -0.15) is 0 Å². The highest BCUT2D eigenvalue weighted by molar-refractivity contribution is 6.23. The van der Waals surface area contributed by atoms with Crippen LogP contribution >= 0.6 is 0 Å². The molecule has 0 saturated heterocycles. The molecule has 1 atom stereocenters. The lowest BCUT2D eigenvalue weighted by molar-refractivity contribution is -0.138. The molecule has 1 unspecified atom stereocenters. The fraction of sp³-hybridized carbons (Fsp3) is 0.182. The van der Waals surface area contributed by atoms with E-state index in [1.165, 1.54) is 0 Å². The molecule has 26 heavy (non-hydrogen) atoms. The van der Waals surface area contributed by atoms with Crippen LogP contribution in [0.4, 0.5) is 0 Å². The molecule has 4 nitrogen and oxygen atoms in total. The number of hydrogen-bond donors (Lipinski definition) is 1. The molecule has 1 N–H and O–H groups in total. The Morgan fingerprint density at radius 2 is 1.69 bits per heavy atom. The number of carbonyl (C=O) groups excluding carboxylic acids is 2. The van der Waals surface area contributed by atoms with Gasteiger partial charge < -0.3 is 10.1 Å². The second kappa shape index (κ2) is 6.30. The van der Waals surface area contributed by atoms with Crippen molar-refractivity contribution in [3.63, 3.8) is 0 Å². The van der Waals surface area contributed by atoms with Gasteiger partial charge in [-0.05, 0) is 19.4 Å². The minimum absolute atomic E-state index is 0.0359. The molecular formula is C22H19NO3. The van der Waals surface area contributed by atoms with Gasteiger partial charge in [0.25, 0.3) is 0 Å². The number of fused-ring (bicyclic) bond motifs is 2. The quantitative estimate of drug-likeness (QED) is 0.859. The summed E-state index contributed by atoms with van der Waals surface area (Å²) in [6, 6.07) is 17.2. The Bertz CT molecular complexity index is 970. The normalized spacial score (nSPS) is 18.4. The Hall–Kier alpha value is -3.14. The molecule has 0 aromatic heterocycles. The first-order chi connectivity index (χ1) is 12.6. The van der Waals surface area contributed by atoms with Crippen LogP contribution in [0, 0.1) is 0 Å². The molecule has 0 radical (unpaired) electrons. The third kappa shape index (κ3) is 2.37. The van der Waals surface area contributed by atoms with Gasteiger partial charge in [0, 0.05) is 28.3 Å². The van der Waals surface area contributed by atoms with Crippen LogP contribution in [-0.2, 0) is 9.53 Å². The van der Waals surface area contributed by atoms with Crippen LogP contribution in [0.25, 0.3) is 5.70 Å². The lowest BCUT2D eigenvalue weighted by Gasteiger charge is -2.29. The van der Waals surface area contributed by atoms with Crippen molar-refractivity contribution in [2.75, 3.05) is 6.61 Å². The number of Topliss-reactive ketones (excluding diaryl/α,β-unsaturated/α-hetero) is 1. The third-order valence-corrected chi connectivity index (χ3v) is 4.88. The van der Waals surface area contributed by atoms with Gasteiger partial charge in [-0.1, -0.05) is 54.6 Å². The first-order valence-electron chi connectivity index (χ1n) is 8.71. The number of ketones is 1. The molecule has 130 valence electrons. The largest absolute Gasteiger partial charge is 0.463 e. The zero-order valence-corrected chi connectivity index (χ0v) is 14.7. The number of carbonyl (C=O) groups is 2. The first kappa shape index (κ1) is 16.3. The summed E-state index contributed by atoms with van der Waals surface area (Å²) >= 11 is 0. The average Bonchev–Trinajstić information content (AvgIpc) is 2.94. The van der Waals surface area contributed by atoms with Crippen molar-refractivity contribution in [2.45, 2.75) is 19.8 Å². The molecule has 4 heteroatoms. The summed E-state index contributed by atoms with van der Waals surface area (Å²) in [5.74, 6) is -0.862. The Morgan fingerprint density at radius 1 is 1.04 bits per heavy atom. The summed E-state index contributed by atoms with van der Waals surface area (Å²) < 4.78 is 5.29. The number of rotatable bonds is 3. The number of dihydropyridines is 1. The lowest BCUT2D eigenvalue weighted by Crippen LogP contribution is -2.29. The first-order valence-corrected chi connectivity index (χ1v) is 8.71. The van der Waals surface area contributed by atoms with E-state index in [1.54, 1.807) is 6.92 Å². The van der Waals surface area contributed by atoms with Gasteiger partial charge >= 0.3 is 5.97 Å². The fourth-order valence-electron chi connectivity index (χ4n) is 3.79. The molecule has 0 bridgehead atoms. The van der Waals surface area contributed by atoms with Gasteiger partial charge in [0.15, 0.2) is 5.78 Å². The van der Waals surface area contributed by atoms with Crippen LogP contribution in [0.15, 0.2) is 71.4 Å². The smallest absolute Gasteiger partial charge is 0.336 e. The maximum absolute atomic E-state index is 13.2. The number of ether oxygens (including phenoxy) is 1. The summed E-state index contributed by atoms with van der Waals surface area (Å²) in [5, 5.41) is 3.29. The molecule has 0 saturated carbocycles. The highest BCUT2D eigenvalue weighted by atomic mass is 16.5. The van der Waals surface area contributed by atoms with Crippen LogP contribution in [0.3, 0.4) is 0 Å². The maximum Gasteiger partial charge on any atom is 0.336 e. The van der Waals surface area contributed by atoms with E-state index in [2.05, 4.69) is 5.32 Å². The van der Waals surface area contributed by atoms with Gasteiger partial charge in [-0.25, -0.2) is 4.79 Å². The van der Waals surface area contributed by atoms with E-state index in [4.69, 9.17) is 4.74 Å². The van der Waals surface area contributed by atoms with Gasteiger partial charge in [0.2, 0.25) is 0 Å². The van der Waals surface area contributed by atoms with E-state index < -0.39 is 5.92 Å². The number of nitrogens with one attached hydrogen (secondary N) is 1. The van der Waals surface area contributed by atoms with Crippen molar-refractivity contribution in [2.24, 2.45) is 0 Å². The Morgan fingerprint density at radius 3 is 2.38 bits per heavy atom. The molecule has 0 amide bonds. The van der Waals surface area contributed by atoms with Crippen molar-refractivity contribution in [1.82, 2.24) is 5.32 Å². The molecule has 0 fully saturated rings. The minimum Gasteiger partial charge on any atom is -0.463 e. The molecule has 2 aromatic rings. The van der Waals surface area contributed by atoms with E-state index >= 15 is 0 Å². The highest BCUT2D eigenvalue weighted by Crippen LogP contribution is 2.46. The molecule has 1 aliphatic carbocycles. The second-order valence-electron chi connectivity index (χ2n) is 6.39. The molecule has 2 aliphatic rings. The van der Waals surface area contributed by atoms with Crippen molar-refractivity contribution in [3.8, 4) is 0 Å². The summed E-state index contributed by atoms with van der Waals surface area (Å²) in [7, 11) is 0. The summed E-state index contributed by atoms with van der Waals surface area (Å²) in [6.07, 6.45) is 0. The van der Waals surface area contributed by atoms with E-state index in [0.29, 0.717) is 16.7 Å². The van der Waals surface area contributed by atoms with Crippen LogP contribution < -0.4 is 5.32 Å². The molecule has 2 aromatic carbocycles. The summed E-state index contributed by atoms with van der Waals surface area (Å²) in [5.41, 5.74) is 5.10. The predicted octanol–water partition coefficient (Wildman–Crippen LogP) is 3.82. The fourth-order valence-corrected chi connectivity index (χ4v) is 3.79. The zero-order chi connectivity index (χ0) is 18.3. The number of benzene rings is 2. The molecule has 4 rings (SSSR count).